The third-order valence-corrected chi connectivity index (χ3v) is 7.92. The van der Waals surface area contributed by atoms with E-state index >= 15 is 0 Å². The van der Waals surface area contributed by atoms with Crippen LogP contribution in [0.2, 0.25) is 0 Å². The van der Waals surface area contributed by atoms with Crippen molar-refractivity contribution in [2.75, 3.05) is 0 Å². The highest BCUT2D eigenvalue weighted by molar-refractivity contribution is 5.67. The third-order valence-electron chi connectivity index (χ3n) is 7.92. The summed E-state index contributed by atoms with van der Waals surface area (Å²) in [6.07, 6.45) is 8.06. The molecule has 0 radical (unpaired) electrons. The smallest absolute Gasteiger partial charge is 0.305 e. The summed E-state index contributed by atoms with van der Waals surface area (Å²) in [6.45, 7) is 14.3. The van der Waals surface area contributed by atoms with Gasteiger partial charge in [0.2, 0.25) is 12.6 Å². The first kappa shape index (κ1) is 22.1. The predicted molar refractivity (Wildman–Crippen MR) is 111 cm³/mol. The quantitative estimate of drug-likeness (QED) is 0.470. The summed E-state index contributed by atoms with van der Waals surface area (Å²) < 4.78 is 16.2. The van der Waals surface area contributed by atoms with E-state index < -0.39 is 24.5 Å². The van der Waals surface area contributed by atoms with Gasteiger partial charge in [-0.25, -0.2) is 0 Å². The molecule has 0 amide bonds. The third kappa shape index (κ3) is 4.30. The summed E-state index contributed by atoms with van der Waals surface area (Å²) in [4.78, 5) is 22.8. The zero-order valence-corrected chi connectivity index (χ0v) is 18.6. The summed E-state index contributed by atoms with van der Waals surface area (Å²) >= 11 is 0. The highest BCUT2D eigenvalue weighted by Crippen LogP contribution is 2.62. The van der Waals surface area contributed by atoms with E-state index in [9.17, 15) is 9.59 Å². The first-order valence-corrected chi connectivity index (χ1v) is 10.9. The van der Waals surface area contributed by atoms with Gasteiger partial charge >= 0.3 is 11.9 Å². The van der Waals surface area contributed by atoms with Crippen molar-refractivity contribution < 1.29 is 23.8 Å². The molecule has 0 bridgehead atoms. The van der Waals surface area contributed by atoms with Crippen LogP contribution in [0.5, 0.6) is 0 Å². The molecule has 3 rings (SSSR count). The molecule has 0 spiro atoms. The molecule has 5 nitrogen and oxygen atoms in total. The van der Waals surface area contributed by atoms with Gasteiger partial charge < -0.3 is 9.47 Å². The topological polar surface area (TPSA) is 61.8 Å². The summed E-state index contributed by atoms with van der Waals surface area (Å²) in [5.74, 6) is 0.387. The maximum Gasteiger partial charge on any atom is 0.305 e. The second-order valence-electron chi connectivity index (χ2n) is 9.72. The van der Waals surface area contributed by atoms with Gasteiger partial charge in [0.1, 0.15) is 0 Å². The van der Waals surface area contributed by atoms with Crippen LogP contribution in [0.1, 0.15) is 79.6 Å². The Kier molecular flexibility index (Phi) is 6.28. The van der Waals surface area contributed by atoms with Crippen LogP contribution >= 0.6 is 0 Å². The van der Waals surface area contributed by atoms with Crippen LogP contribution in [-0.4, -0.2) is 24.5 Å². The second kappa shape index (κ2) is 8.25. The summed E-state index contributed by atoms with van der Waals surface area (Å²) in [5.41, 5.74) is 2.65. The highest BCUT2D eigenvalue weighted by atomic mass is 16.8. The molecular formula is C24H36O5. The lowest BCUT2D eigenvalue weighted by molar-refractivity contribution is -0.204. The second-order valence-corrected chi connectivity index (χ2v) is 9.72. The summed E-state index contributed by atoms with van der Waals surface area (Å²) in [5, 5.41) is 0. The van der Waals surface area contributed by atoms with E-state index in [1.807, 2.05) is 0 Å². The molecule has 6 atom stereocenters. The lowest BCUT2D eigenvalue weighted by atomic mass is 9.46. The van der Waals surface area contributed by atoms with E-state index in [1.165, 1.54) is 45.1 Å². The number of rotatable bonds is 4. The number of hydrogen-bond acceptors (Lipinski definition) is 5. The van der Waals surface area contributed by atoms with Gasteiger partial charge in [0.05, 0.1) is 0 Å². The SMILES string of the molecule is C=C1CCC[C@@H]2[C@@](C)(C/C=C3/CC(OC(C)=O)OC3OC(C)=O)[C@H](C)CC[C@@]12C. The Morgan fingerprint density at radius 1 is 1.21 bits per heavy atom. The molecule has 2 saturated carbocycles. The van der Waals surface area contributed by atoms with E-state index in [-0.39, 0.29) is 10.8 Å². The molecule has 1 saturated heterocycles. The minimum atomic E-state index is -0.771. The first-order chi connectivity index (χ1) is 13.6. The molecule has 2 aliphatic carbocycles. The Morgan fingerprint density at radius 3 is 2.55 bits per heavy atom. The fraction of sp³-hybridized carbons (Fsp3) is 0.750. The zero-order valence-electron chi connectivity index (χ0n) is 18.6. The monoisotopic (exact) mass is 404 g/mol. The van der Waals surface area contributed by atoms with Crippen molar-refractivity contribution in [3.05, 3.63) is 23.8 Å². The fourth-order valence-corrected chi connectivity index (χ4v) is 5.91. The molecule has 3 aliphatic rings. The van der Waals surface area contributed by atoms with Crippen LogP contribution < -0.4 is 0 Å². The molecule has 1 aliphatic heterocycles. The number of carbonyl (C=O) groups excluding carboxylic acids is 2. The maximum atomic E-state index is 11.5. The van der Waals surface area contributed by atoms with Crippen molar-refractivity contribution in [1.29, 1.82) is 0 Å². The average Bonchev–Trinajstić information content (AvgIpc) is 2.98. The highest BCUT2D eigenvalue weighted by Gasteiger charge is 2.53. The molecule has 0 N–H and O–H groups in total. The largest absolute Gasteiger partial charge is 0.435 e. The number of esters is 2. The van der Waals surface area contributed by atoms with E-state index in [0.717, 1.165) is 18.4 Å². The fourth-order valence-electron chi connectivity index (χ4n) is 5.91. The number of hydrogen-bond donors (Lipinski definition) is 0. The molecule has 0 aromatic carbocycles. The Morgan fingerprint density at radius 2 is 1.90 bits per heavy atom. The van der Waals surface area contributed by atoms with Crippen molar-refractivity contribution in [3.8, 4) is 0 Å². The molecule has 3 fully saturated rings. The van der Waals surface area contributed by atoms with Crippen LogP contribution in [0.15, 0.2) is 23.8 Å². The molecule has 1 heterocycles. The number of carbonyl (C=O) groups is 2. The molecule has 0 aromatic rings. The number of allylic oxidation sites excluding steroid dienone is 2. The van der Waals surface area contributed by atoms with E-state index in [2.05, 4.69) is 33.4 Å². The molecule has 0 aromatic heterocycles. The van der Waals surface area contributed by atoms with Gasteiger partial charge in [-0.05, 0) is 61.2 Å². The van der Waals surface area contributed by atoms with Crippen LogP contribution in [0.4, 0.5) is 0 Å². The van der Waals surface area contributed by atoms with Crippen molar-refractivity contribution in [2.45, 2.75) is 92.1 Å². The number of ether oxygens (including phenoxy) is 3. The van der Waals surface area contributed by atoms with Gasteiger partial charge in [0.15, 0.2) is 0 Å². The van der Waals surface area contributed by atoms with Crippen LogP contribution in [0.3, 0.4) is 0 Å². The zero-order chi connectivity index (χ0) is 21.4. The molecule has 5 heteroatoms. The standard InChI is InChI=1S/C24H36O5/c1-15-8-7-9-20-23(15,5)12-10-16(2)24(20,6)13-11-19-14-21(27-17(3)25)29-22(19)28-18(4)26/h11,16,20-22H,1,7-10,12-14H2,2-6H3/b19-11-/t16-,20+,21?,22?,23+,24+/m1/s1. The summed E-state index contributed by atoms with van der Waals surface area (Å²) in [7, 11) is 0. The van der Waals surface area contributed by atoms with E-state index in [4.69, 9.17) is 14.2 Å². The average molecular weight is 405 g/mol. The van der Waals surface area contributed by atoms with Crippen LogP contribution in [0.25, 0.3) is 0 Å². The Bertz CT molecular complexity index is 710. The van der Waals surface area contributed by atoms with Crippen molar-refractivity contribution in [2.24, 2.45) is 22.7 Å². The molecule has 2 unspecified atom stereocenters. The van der Waals surface area contributed by atoms with Crippen molar-refractivity contribution in [3.63, 3.8) is 0 Å². The molecular weight excluding hydrogens is 368 g/mol. The van der Waals surface area contributed by atoms with E-state index in [1.54, 1.807) is 0 Å². The Balaban J connectivity index is 1.83. The van der Waals surface area contributed by atoms with Gasteiger partial charge in [-0.3, -0.25) is 14.3 Å². The van der Waals surface area contributed by atoms with Gasteiger partial charge in [-0.2, -0.15) is 0 Å². The summed E-state index contributed by atoms with van der Waals surface area (Å²) in [6, 6.07) is 0. The lowest BCUT2D eigenvalue weighted by Crippen LogP contribution is -2.50. The molecule has 162 valence electrons. The first-order valence-electron chi connectivity index (χ1n) is 10.9. The molecule has 29 heavy (non-hydrogen) atoms. The van der Waals surface area contributed by atoms with Crippen LogP contribution in [0, 0.1) is 22.7 Å². The van der Waals surface area contributed by atoms with E-state index in [0.29, 0.717) is 18.3 Å². The lowest BCUT2D eigenvalue weighted by Gasteiger charge is -2.58. The van der Waals surface area contributed by atoms with Gasteiger partial charge in [0.25, 0.3) is 0 Å². The predicted octanol–water partition coefficient (Wildman–Crippen LogP) is 5.30. The van der Waals surface area contributed by atoms with Gasteiger partial charge in [-0.1, -0.05) is 39.0 Å². The van der Waals surface area contributed by atoms with Crippen molar-refractivity contribution in [1.82, 2.24) is 0 Å². The normalized spacial score (nSPS) is 41.1. The van der Waals surface area contributed by atoms with Crippen LogP contribution in [-0.2, 0) is 23.8 Å². The van der Waals surface area contributed by atoms with Gasteiger partial charge in [-0.15, -0.1) is 0 Å². The maximum absolute atomic E-state index is 11.5. The Labute approximate surface area is 174 Å². The minimum absolute atomic E-state index is 0.143. The Hall–Kier alpha value is -1.62. The number of fused-ring (bicyclic) bond motifs is 1. The van der Waals surface area contributed by atoms with Crippen molar-refractivity contribution >= 4 is 11.9 Å². The van der Waals surface area contributed by atoms with Gasteiger partial charge in [0, 0.05) is 25.8 Å². The minimum Gasteiger partial charge on any atom is -0.435 e.